The smallest absolute Gasteiger partial charge is 0.328 e. The van der Waals surface area contributed by atoms with Gasteiger partial charge in [0, 0.05) is 6.04 Å². The molecule has 1 N–H and O–H groups in total. The van der Waals surface area contributed by atoms with Crippen LogP contribution in [0.2, 0.25) is 0 Å². The molecule has 4 aliphatic carbocycles. The third kappa shape index (κ3) is 3.81. The highest BCUT2D eigenvalue weighted by atomic mass is 16.6. The number of carbonyl (C=O) groups excluding carboxylic acids is 2. The fourth-order valence-corrected chi connectivity index (χ4v) is 6.56. The molecular formula is C21H30N4O5. The molecule has 1 aromatic rings. The van der Waals surface area contributed by atoms with Gasteiger partial charge in [-0.2, -0.15) is 5.10 Å². The molecule has 0 spiro atoms. The van der Waals surface area contributed by atoms with Crippen LogP contribution in [0.25, 0.3) is 0 Å². The van der Waals surface area contributed by atoms with Crippen LogP contribution in [-0.4, -0.2) is 39.2 Å². The molecule has 1 heterocycles. The quantitative estimate of drug-likeness (QED) is 0.413. The second kappa shape index (κ2) is 7.67. The Labute approximate surface area is 175 Å². The molecule has 5 rings (SSSR count). The first kappa shape index (κ1) is 20.8. The van der Waals surface area contributed by atoms with E-state index in [9.17, 15) is 19.7 Å². The van der Waals surface area contributed by atoms with Crippen LogP contribution < -0.4 is 5.32 Å². The van der Waals surface area contributed by atoms with Crippen LogP contribution in [0.1, 0.15) is 56.8 Å². The Bertz CT molecular complexity index is 842. The van der Waals surface area contributed by atoms with Crippen LogP contribution in [0.3, 0.4) is 0 Å². The topological polar surface area (TPSA) is 116 Å². The lowest BCUT2D eigenvalue weighted by atomic mass is 9.48. The van der Waals surface area contributed by atoms with Crippen molar-refractivity contribution >= 4 is 17.6 Å². The van der Waals surface area contributed by atoms with E-state index in [4.69, 9.17) is 4.74 Å². The van der Waals surface area contributed by atoms with Gasteiger partial charge in [-0.05, 0) is 82.5 Å². The SMILES string of the molecule is Cc1nn(CC(=O)OCC(=O)N[C@@H](C)C23CC4CC(CC(C4)C2)C3)c(C)c1[N+](=O)[O-]. The highest BCUT2D eigenvalue weighted by Gasteiger charge is 2.53. The predicted molar refractivity (Wildman–Crippen MR) is 108 cm³/mol. The van der Waals surface area contributed by atoms with Crippen LogP contribution in [0.4, 0.5) is 5.69 Å². The van der Waals surface area contributed by atoms with E-state index in [1.54, 1.807) is 0 Å². The number of hydrogen-bond donors (Lipinski definition) is 1. The first-order chi connectivity index (χ1) is 14.2. The van der Waals surface area contributed by atoms with Gasteiger partial charge in [-0.25, -0.2) is 0 Å². The zero-order valence-electron chi connectivity index (χ0n) is 17.8. The molecule has 4 aliphatic rings. The molecule has 9 nitrogen and oxygen atoms in total. The fourth-order valence-electron chi connectivity index (χ4n) is 6.56. The molecule has 0 unspecified atom stereocenters. The standard InChI is InChI=1S/C21H30N4O5/c1-12-20(25(28)29)13(2)24(23-12)10-19(27)30-11-18(26)22-14(3)21-7-15-4-16(8-21)6-17(5-15)9-21/h14-17H,4-11H2,1-3H3,(H,22,26)/t14-,15?,16?,17?,21?/m0/s1. The number of hydrogen-bond acceptors (Lipinski definition) is 6. The molecule has 4 saturated carbocycles. The molecular weight excluding hydrogens is 388 g/mol. The van der Waals surface area contributed by atoms with Crippen molar-refractivity contribution in [1.82, 2.24) is 15.1 Å². The maximum absolute atomic E-state index is 12.4. The van der Waals surface area contributed by atoms with Crippen LogP contribution in [0.15, 0.2) is 0 Å². The van der Waals surface area contributed by atoms with E-state index in [2.05, 4.69) is 17.3 Å². The number of amides is 1. The number of esters is 1. The highest BCUT2D eigenvalue weighted by molar-refractivity contribution is 5.80. The van der Waals surface area contributed by atoms with Gasteiger partial charge in [0.15, 0.2) is 6.61 Å². The number of carbonyl (C=O) groups is 2. The number of nitrogens with one attached hydrogen (secondary N) is 1. The van der Waals surface area contributed by atoms with E-state index in [1.165, 1.54) is 57.1 Å². The largest absolute Gasteiger partial charge is 0.454 e. The molecule has 1 amide bonds. The predicted octanol–water partition coefficient (Wildman–Crippen LogP) is 2.67. The van der Waals surface area contributed by atoms with Crippen molar-refractivity contribution in [2.75, 3.05) is 6.61 Å². The molecule has 4 bridgehead atoms. The summed E-state index contributed by atoms with van der Waals surface area (Å²) in [6, 6.07) is 0.0655. The lowest BCUT2D eigenvalue weighted by Gasteiger charge is -2.59. The van der Waals surface area contributed by atoms with E-state index >= 15 is 0 Å². The molecule has 0 saturated heterocycles. The molecule has 9 heteroatoms. The summed E-state index contributed by atoms with van der Waals surface area (Å²) >= 11 is 0. The van der Waals surface area contributed by atoms with Gasteiger partial charge in [-0.3, -0.25) is 24.4 Å². The maximum Gasteiger partial charge on any atom is 0.328 e. The first-order valence-electron chi connectivity index (χ1n) is 10.8. The molecule has 0 aromatic carbocycles. The van der Waals surface area contributed by atoms with E-state index < -0.39 is 10.9 Å². The monoisotopic (exact) mass is 418 g/mol. The molecule has 1 aromatic heterocycles. The van der Waals surface area contributed by atoms with Crippen molar-refractivity contribution in [1.29, 1.82) is 0 Å². The zero-order chi connectivity index (χ0) is 21.6. The molecule has 164 valence electrons. The van der Waals surface area contributed by atoms with Crippen molar-refractivity contribution in [3.8, 4) is 0 Å². The van der Waals surface area contributed by atoms with Crippen molar-refractivity contribution < 1.29 is 19.2 Å². The van der Waals surface area contributed by atoms with E-state index in [1.807, 2.05) is 0 Å². The maximum atomic E-state index is 12.4. The minimum Gasteiger partial charge on any atom is -0.454 e. The number of nitro groups is 1. The summed E-state index contributed by atoms with van der Waals surface area (Å²) in [5, 5.41) is 18.2. The van der Waals surface area contributed by atoms with Gasteiger partial charge in [0.05, 0.1) is 4.92 Å². The summed E-state index contributed by atoms with van der Waals surface area (Å²) in [5.74, 6) is 1.47. The lowest BCUT2D eigenvalue weighted by Crippen LogP contribution is -2.56. The Kier molecular flexibility index (Phi) is 5.32. The summed E-state index contributed by atoms with van der Waals surface area (Å²) in [6.07, 6.45) is 7.62. The minimum atomic E-state index is -0.645. The fraction of sp³-hybridized carbons (Fsp3) is 0.762. The van der Waals surface area contributed by atoms with Crippen LogP contribution >= 0.6 is 0 Å². The van der Waals surface area contributed by atoms with Crippen molar-refractivity contribution in [2.45, 2.75) is 71.9 Å². The summed E-state index contributed by atoms with van der Waals surface area (Å²) in [4.78, 5) is 35.1. The van der Waals surface area contributed by atoms with Crippen molar-refractivity contribution in [3.63, 3.8) is 0 Å². The van der Waals surface area contributed by atoms with Gasteiger partial charge in [0.25, 0.3) is 5.91 Å². The summed E-state index contributed by atoms with van der Waals surface area (Å²) in [5.41, 5.74) is 0.614. The molecule has 0 radical (unpaired) electrons. The number of rotatable bonds is 7. The second-order valence-electron chi connectivity index (χ2n) is 9.66. The van der Waals surface area contributed by atoms with Gasteiger partial charge in [0.1, 0.15) is 17.9 Å². The Morgan fingerprint density at radius 3 is 2.30 bits per heavy atom. The number of nitrogens with zero attached hydrogens (tertiary/aromatic N) is 3. The van der Waals surface area contributed by atoms with Crippen molar-refractivity contribution in [3.05, 3.63) is 21.5 Å². The third-order valence-corrected chi connectivity index (χ3v) is 7.55. The third-order valence-electron chi connectivity index (χ3n) is 7.55. The van der Waals surface area contributed by atoms with Gasteiger partial charge in [-0.15, -0.1) is 0 Å². The highest BCUT2D eigenvalue weighted by Crippen LogP contribution is 2.61. The molecule has 0 aliphatic heterocycles. The van der Waals surface area contributed by atoms with E-state index in [-0.39, 0.29) is 47.6 Å². The number of ether oxygens (including phenoxy) is 1. The average molecular weight is 418 g/mol. The summed E-state index contributed by atoms with van der Waals surface area (Å²) in [7, 11) is 0. The van der Waals surface area contributed by atoms with Gasteiger partial charge in [-0.1, -0.05) is 0 Å². The summed E-state index contributed by atoms with van der Waals surface area (Å²) < 4.78 is 6.35. The van der Waals surface area contributed by atoms with Crippen LogP contribution in [0.5, 0.6) is 0 Å². The molecule has 4 fully saturated rings. The number of aromatic nitrogens is 2. The Hall–Kier alpha value is -2.45. The normalized spacial score (nSPS) is 30.2. The van der Waals surface area contributed by atoms with E-state index in [0.29, 0.717) is 0 Å². The lowest BCUT2D eigenvalue weighted by molar-refractivity contribution is -0.386. The Morgan fingerprint density at radius 2 is 1.80 bits per heavy atom. The zero-order valence-corrected chi connectivity index (χ0v) is 17.8. The van der Waals surface area contributed by atoms with Crippen LogP contribution in [-0.2, 0) is 20.9 Å². The average Bonchev–Trinajstić information content (AvgIpc) is 2.92. The summed E-state index contributed by atoms with van der Waals surface area (Å²) in [6.45, 7) is 4.52. The first-order valence-corrected chi connectivity index (χ1v) is 10.8. The van der Waals surface area contributed by atoms with E-state index in [0.717, 1.165) is 17.8 Å². The second-order valence-corrected chi connectivity index (χ2v) is 9.66. The number of aryl methyl sites for hydroxylation is 1. The van der Waals surface area contributed by atoms with Crippen molar-refractivity contribution in [2.24, 2.45) is 23.2 Å². The molecule has 1 atom stereocenters. The van der Waals surface area contributed by atoms with Gasteiger partial charge >= 0.3 is 11.7 Å². The molecule has 30 heavy (non-hydrogen) atoms. The Morgan fingerprint density at radius 1 is 1.23 bits per heavy atom. The minimum absolute atomic E-state index is 0.0655. The van der Waals surface area contributed by atoms with Crippen LogP contribution in [0, 0.1) is 47.1 Å². The Balaban J connectivity index is 1.28. The van der Waals surface area contributed by atoms with Gasteiger partial charge in [0.2, 0.25) is 0 Å². The van der Waals surface area contributed by atoms with Gasteiger partial charge < -0.3 is 10.1 Å².